The number of hydrogen-bond donors (Lipinski definition) is 1. The van der Waals surface area contributed by atoms with Gasteiger partial charge in [-0.15, -0.1) is 0 Å². The molecule has 1 N–H and O–H groups in total. The number of carbonyl (C=O) groups is 2. The third-order valence-corrected chi connectivity index (χ3v) is 3.78. The molecule has 0 atom stereocenters. The van der Waals surface area contributed by atoms with Gasteiger partial charge in [-0.05, 0) is 18.2 Å². The molecule has 0 spiro atoms. The van der Waals surface area contributed by atoms with E-state index in [1.807, 2.05) is 18.2 Å². The molecule has 1 aliphatic rings. The summed E-state index contributed by atoms with van der Waals surface area (Å²) in [5.74, 6) is -0.235. The van der Waals surface area contributed by atoms with E-state index in [-0.39, 0.29) is 11.9 Å². The van der Waals surface area contributed by atoms with E-state index < -0.39 is 0 Å². The van der Waals surface area contributed by atoms with Gasteiger partial charge in [-0.1, -0.05) is 15.9 Å². The lowest BCUT2D eigenvalue weighted by atomic mass is 10.1. The monoisotopic (exact) mass is 319 g/mol. The molecular formula is C13H10BrN3O2. The highest BCUT2D eigenvalue weighted by molar-refractivity contribution is 9.10. The molecule has 6 heteroatoms. The normalized spacial score (nSPS) is 15.7. The van der Waals surface area contributed by atoms with Crippen LogP contribution in [-0.4, -0.2) is 23.5 Å². The second-order valence-electron chi connectivity index (χ2n) is 4.24. The van der Waals surface area contributed by atoms with Crippen molar-refractivity contribution in [1.82, 2.24) is 10.3 Å². The molecule has 0 radical (unpaired) electrons. The Morgan fingerprint density at radius 1 is 1.21 bits per heavy atom. The SMILES string of the molecule is O=C1CCN(c2ccc(Br)c3ccncc23)C(=O)N1. The Kier molecular flexibility index (Phi) is 2.94. The van der Waals surface area contributed by atoms with Gasteiger partial charge in [0.05, 0.1) is 5.69 Å². The Bertz CT molecular complexity index is 687. The van der Waals surface area contributed by atoms with Gasteiger partial charge in [0.15, 0.2) is 0 Å². The molecule has 0 saturated carbocycles. The van der Waals surface area contributed by atoms with Crippen LogP contribution in [0, 0.1) is 0 Å². The lowest BCUT2D eigenvalue weighted by molar-refractivity contribution is -0.120. The maximum atomic E-state index is 11.9. The molecule has 1 aromatic heterocycles. The van der Waals surface area contributed by atoms with Gasteiger partial charge < -0.3 is 0 Å². The number of hydrogen-bond acceptors (Lipinski definition) is 3. The standard InChI is InChI=1S/C13H10BrN3O2/c14-10-1-2-11(9-7-15-5-3-8(9)10)17-6-4-12(18)16-13(17)19/h1-3,5,7H,4,6H2,(H,16,18,19). The van der Waals surface area contributed by atoms with Crippen LogP contribution >= 0.6 is 15.9 Å². The van der Waals surface area contributed by atoms with Crippen molar-refractivity contribution >= 4 is 44.3 Å². The summed E-state index contributed by atoms with van der Waals surface area (Å²) in [6, 6.07) is 5.24. The first-order valence-electron chi connectivity index (χ1n) is 5.80. The number of benzene rings is 1. The van der Waals surface area contributed by atoms with Crippen molar-refractivity contribution in [2.45, 2.75) is 6.42 Å². The minimum Gasteiger partial charge on any atom is -0.293 e. The number of rotatable bonds is 1. The van der Waals surface area contributed by atoms with E-state index in [0.717, 1.165) is 20.9 Å². The zero-order valence-electron chi connectivity index (χ0n) is 9.89. The summed E-state index contributed by atoms with van der Waals surface area (Å²) in [4.78, 5) is 28.8. The van der Waals surface area contributed by atoms with Crippen molar-refractivity contribution in [3.63, 3.8) is 0 Å². The van der Waals surface area contributed by atoms with Crippen LogP contribution in [0.25, 0.3) is 10.8 Å². The van der Waals surface area contributed by atoms with Gasteiger partial charge >= 0.3 is 6.03 Å². The number of fused-ring (bicyclic) bond motifs is 1. The van der Waals surface area contributed by atoms with Crippen LogP contribution in [0.5, 0.6) is 0 Å². The second kappa shape index (κ2) is 4.62. The van der Waals surface area contributed by atoms with Crippen molar-refractivity contribution in [3.8, 4) is 0 Å². The van der Waals surface area contributed by atoms with Gasteiger partial charge in [-0.25, -0.2) is 4.79 Å². The summed E-state index contributed by atoms with van der Waals surface area (Å²) >= 11 is 3.48. The average Bonchev–Trinajstić information content (AvgIpc) is 2.41. The zero-order chi connectivity index (χ0) is 13.4. The predicted molar refractivity (Wildman–Crippen MR) is 74.9 cm³/mol. The number of nitrogens with one attached hydrogen (secondary N) is 1. The van der Waals surface area contributed by atoms with Crippen LogP contribution < -0.4 is 10.2 Å². The lowest BCUT2D eigenvalue weighted by Crippen LogP contribution is -2.49. The number of imide groups is 1. The topological polar surface area (TPSA) is 62.3 Å². The van der Waals surface area contributed by atoms with Crippen LogP contribution in [0.3, 0.4) is 0 Å². The van der Waals surface area contributed by atoms with Gasteiger partial charge in [-0.2, -0.15) is 0 Å². The largest absolute Gasteiger partial charge is 0.328 e. The van der Waals surface area contributed by atoms with Crippen LogP contribution in [0.4, 0.5) is 10.5 Å². The number of nitrogens with zero attached hydrogens (tertiary/aromatic N) is 2. The van der Waals surface area contributed by atoms with E-state index in [9.17, 15) is 9.59 Å². The first kappa shape index (κ1) is 12.1. The van der Waals surface area contributed by atoms with Crippen LogP contribution in [-0.2, 0) is 4.79 Å². The molecule has 1 aromatic carbocycles. The number of pyridine rings is 1. The minimum atomic E-state index is -0.385. The van der Waals surface area contributed by atoms with E-state index in [4.69, 9.17) is 0 Å². The first-order valence-corrected chi connectivity index (χ1v) is 6.59. The molecule has 2 aromatic rings. The lowest BCUT2D eigenvalue weighted by Gasteiger charge is -2.27. The van der Waals surface area contributed by atoms with Crippen molar-refractivity contribution in [2.24, 2.45) is 0 Å². The van der Waals surface area contributed by atoms with Crippen molar-refractivity contribution in [1.29, 1.82) is 0 Å². The zero-order valence-corrected chi connectivity index (χ0v) is 11.5. The highest BCUT2D eigenvalue weighted by Gasteiger charge is 2.25. The van der Waals surface area contributed by atoms with Crippen LogP contribution in [0.2, 0.25) is 0 Å². The quantitative estimate of drug-likeness (QED) is 0.878. The number of carbonyl (C=O) groups excluding carboxylic acids is 2. The summed E-state index contributed by atoms with van der Waals surface area (Å²) in [5, 5.41) is 4.18. The van der Waals surface area contributed by atoms with E-state index in [0.29, 0.717) is 13.0 Å². The smallest absolute Gasteiger partial charge is 0.293 e. The van der Waals surface area contributed by atoms with E-state index in [2.05, 4.69) is 26.2 Å². The van der Waals surface area contributed by atoms with Crippen LogP contribution in [0.1, 0.15) is 6.42 Å². The molecule has 0 bridgehead atoms. The Hall–Kier alpha value is -1.95. The molecule has 0 unspecified atom stereocenters. The summed E-state index contributed by atoms with van der Waals surface area (Å²) in [6.07, 6.45) is 3.74. The fraction of sp³-hybridized carbons (Fsp3) is 0.154. The fourth-order valence-corrected chi connectivity index (χ4v) is 2.65. The average molecular weight is 320 g/mol. The first-order chi connectivity index (χ1) is 9.16. The maximum absolute atomic E-state index is 11.9. The van der Waals surface area contributed by atoms with Crippen molar-refractivity contribution in [3.05, 3.63) is 35.1 Å². The molecule has 19 heavy (non-hydrogen) atoms. The molecule has 1 fully saturated rings. The predicted octanol–water partition coefficient (Wildman–Crippen LogP) is 2.44. The summed E-state index contributed by atoms with van der Waals surface area (Å²) < 4.78 is 0.946. The summed E-state index contributed by atoms with van der Waals surface area (Å²) in [6.45, 7) is 0.385. The van der Waals surface area contributed by atoms with E-state index in [1.54, 1.807) is 17.3 Å². The van der Waals surface area contributed by atoms with Crippen molar-refractivity contribution < 1.29 is 9.59 Å². The molecule has 3 amide bonds. The molecular weight excluding hydrogens is 310 g/mol. The Labute approximate surface area is 117 Å². The van der Waals surface area contributed by atoms with E-state index in [1.165, 1.54) is 0 Å². The van der Waals surface area contributed by atoms with Gasteiger partial charge in [0.25, 0.3) is 0 Å². The third kappa shape index (κ3) is 2.08. The number of amides is 3. The number of halogens is 1. The maximum Gasteiger partial charge on any atom is 0.328 e. The highest BCUT2D eigenvalue weighted by atomic mass is 79.9. The van der Waals surface area contributed by atoms with Gasteiger partial charge in [0.2, 0.25) is 5.91 Å². The minimum absolute atomic E-state index is 0.235. The number of aromatic nitrogens is 1. The Balaban J connectivity index is 2.13. The second-order valence-corrected chi connectivity index (χ2v) is 5.10. The van der Waals surface area contributed by atoms with Crippen molar-refractivity contribution in [2.75, 3.05) is 11.4 Å². The molecule has 1 saturated heterocycles. The summed E-state index contributed by atoms with van der Waals surface area (Å²) in [5.41, 5.74) is 0.760. The molecule has 0 aliphatic carbocycles. The molecule has 5 nitrogen and oxygen atoms in total. The highest BCUT2D eigenvalue weighted by Crippen LogP contribution is 2.32. The van der Waals surface area contributed by atoms with Crippen LogP contribution in [0.15, 0.2) is 35.1 Å². The number of urea groups is 1. The van der Waals surface area contributed by atoms with E-state index >= 15 is 0 Å². The van der Waals surface area contributed by atoms with Gasteiger partial charge in [-0.3, -0.25) is 20.0 Å². The summed E-state index contributed by atoms with van der Waals surface area (Å²) in [7, 11) is 0. The number of anilines is 1. The van der Waals surface area contributed by atoms with Gasteiger partial charge in [0, 0.05) is 40.6 Å². The third-order valence-electron chi connectivity index (χ3n) is 3.09. The molecule has 2 heterocycles. The Morgan fingerprint density at radius 3 is 2.84 bits per heavy atom. The molecule has 1 aliphatic heterocycles. The molecule has 3 rings (SSSR count). The molecule has 96 valence electrons. The van der Waals surface area contributed by atoms with Gasteiger partial charge in [0.1, 0.15) is 0 Å². The fourth-order valence-electron chi connectivity index (χ4n) is 2.17. The Morgan fingerprint density at radius 2 is 2.05 bits per heavy atom.